The van der Waals surface area contributed by atoms with Gasteiger partial charge in [0.05, 0.1) is 4.90 Å². The van der Waals surface area contributed by atoms with Gasteiger partial charge in [0, 0.05) is 31.0 Å². The minimum Gasteiger partial charge on any atom is -0.484 e. The molecule has 2 heterocycles. The summed E-state index contributed by atoms with van der Waals surface area (Å²) in [6.07, 6.45) is 2.21. The highest BCUT2D eigenvalue weighted by Crippen LogP contribution is 2.47. The Balaban J connectivity index is 2.22. The van der Waals surface area contributed by atoms with E-state index in [2.05, 4.69) is 4.99 Å². The zero-order valence-electron chi connectivity index (χ0n) is 16.0. The van der Waals surface area contributed by atoms with Gasteiger partial charge in [0.1, 0.15) is 17.4 Å². The molecule has 0 spiro atoms. The van der Waals surface area contributed by atoms with Gasteiger partial charge in [0.2, 0.25) is 6.19 Å². The maximum Gasteiger partial charge on any atom is 0.303 e. The van der Waals surface area contributed by atoms with Crippen molar-refractivity contribution in [2.45, 2.75) is 43.4 Å². The number of hydrogen-bond acceptors (Lipinski definition) is 8. The van der Waals surface area contributed by atoms with Gasteiger partial charge in [-0.1, -0.05) is 11.8 Å². The van der Waals surface area contributed by atoms with Crippen molar-refractivity contribution in [3.05, 3.63) is 23.8 Å². The fraction of sp³-hybridized carbons (Fsp3) is 0.500. The van der Waals surface area contributed by atoms with Crippen molar-refractivity contribution >= 4 is 32.7 Å². The summed E-state index contributed by atoms with van der Waals surface area (Å²) in [7, 11) is -3.45. The van der Waals surface area contributed by atoms with E-state index in [1.54, 1.807) is 18.3 Å². The second-order valence-corrected chi connectivity index (χ2v) is 10.3. The number of amidine groups is 1. The van der Waals surface area contributed by atoms with Crippen LogP contribution in [0.2, 0.25) is 0 Å². The Kier molecular flexibility index (Phi) is 5.34. The highest BCUT2D eigenvalue weighted by Gasteiger charge is 2.50. The second-order valence-electron chi connectivity index (χ2n) is 7.19. The van der Waals surface area contributed by atoms with Crippen LogP contribution < -0.4 is 4.74 Å². The number of carbonyl (C=O) groups excluding carboxylic acids is 1. The Morgan fingerprint density at radius 3 is 2.79 bits per heavy atom. The van der Waals surface area contributed by atoms with Gasteiger partial charge in [-0.2, -0.15) is 5.26 Å². The van der Waals surface area contributed by atoms with Gasteiger partial charge in [-0.25, -0.2) is 8.42 Å². The molecule has 8 nitrogen and oxygen atoms in total. The van der Waals surface area contributed by atoms with Gasteiger partial charge in [-0.05, 0) is 32.0 Å². The van der Waals surface area contributed by atoms with Crippen molar-refractivity contribution in [2.75, 3.05) is 18.6 Å². The predicted molar refractivity (Wildman–Crippen MR) is 105 cm³/mol. The molecular weight excluding hydrogens is 402 g/mol. The van der Waals surface area contributed by atoms with Crippen molar-refractivity contribution in [3.8, 4) is 11.9 Å². The number of benzene rings is 1. The number of ether oxygens (including phenoxy) is 2. The van der Waals surface area contributed by atoms with E-state index in [0.717, 1.165) is 6.26 Å². The second kappa shape index (κ2) is 7.29. The molecule has 3 rings (SSSR count). The number of carbonyl (C=O) groups is 1. The molecule has 1 aromatic carbocycles. The molecule has 0 amide bonds. The summed E-state index contributed by atoms with van der Waals surface area (Å²) >= 11 is 1.43. The number of sulfone groups is 1. The number of aliphatic imine (C=N–C) groups is 1. The summed E-state index contributed by atoms with van der Waals surface area (Å²) in [4.78, 5) is 17.8. The number of esters is 1. The molecular formula is C18H21N3O5S2. The minimum atomic E-state index is -3.45. The molecule has 1 saturated heterocycles. The zero-order valence-corrected chi connectivity index (χ0v) is 17.6. The average molecular weight is 424 g/mol. The first-order valence-corrected chi connectivity index (χ1v) is 11.5. The highest BCUT2D eigenvalue weighted by molar-refractivity contribution is 8.14. The maximum absolute atomic E-state index is 12.1. The van der Waals surface area contributed by atoms with E-state index in [4.69, 9.17) is 14.7 Å². The first-order chi connectivity index (χ1) is 13.0. The van der Waals surface area contributed by atoms with Crippen molar-refractivity contribution in [2.24, 2.45) is 4.99 Å². The third-order valence-electron chi connectivity index (χ3n) is 4.66. The van der Waals surface area contributed by atoms with Crippen LogP contribution in [-0.4, -0.2) is 54.7 Å². The number of hydrogen-bond donors (Lipinski definition) is 0. The third-order valence-corrected chi connectivity index (χ3v) is 6.74. The molecule has 1 fully saturated rings. The Morgan fingerprint density at radius 2 is 2.18 bits per heavy atom. The topological polar surface area (TPSA) is 109 Å². The van der Waals surface area contributed by atoms with Crippen molar-refractivity contribution < 1.29 is 22.7 Å². The van der Waals surface area contributed by atoms with E-state index < -0.39 is 33.6 Å². The normalized spacial score (nSPS) is 25.0. The van der Waals surface area contributed by atoms with Gasteiger partial charge in [-0.3, -0.25) is 4.79 Å². The van der Waals surface area contributed by atoms with E-state index in [0.29, 0.717) is 28.8 Å². The number of fused-ring (bicyclic) bond motifs is 1. The number of rotatable bonds is 3. The van der Waals surface area contributed by atoms with E-state index in [1.165, 1.54) is 24.8 Å². The molecule has 150 valence electrons. The Morgan fingerprint density at radius 1 is 1.46 bits per heavy atom. The highest BCUT2D eigenvalue weighted by atomic mass is 32.2. The smallest absolute Gasteiger partial charge is 0.303 e. The molecule has 0 aromatic heterocycles. The molecule has 10 heteroatoms. The molecule has 0 bridgehead atoms. The first kappa shape index (κ1) is 20.5. The molecule has 0 saturated carbocycles. The zero-order chi connectivity index (χ0) is 20.7. The summed E-state index contributed by atoms with van der Waals surface area (Å²) < 4.78 is 35.9. The summed E-state index contributed by atoms with van der Waals surface area (Å²) in [5.41, 5.74) is -0.289. The third kappa shape index (κ3) is 3.82. The molecule has 2 atom stereocenters. The standard InChI is InChI=1S/C18H21N3O5S2/c1-11(22)25-16-15(21-7-8-27-17(21)20-10-19)13-9-12(28(4,23)24)5-6-14(13)26-18(16,2)3/h5-6,9,15-16H,7-8H2,1-4H3/t15-,16+/m0/s1. The quantitative estimate of drug-likeness (QED) is 0.537. The number of nitriles is 1. The molecule has 0 aliphatic carbocycles. The van der Waals surface area contributed by atoms with E-state index in [1.807, 2.05) is 18.7 Å². The largest absolute Gasteiger partial charge is 0.484 e. The Hall–Kier alpha value is -2.25. The predicted octanol–water partition coefficient (Wildman–Crippen LogP) is 2.12. The molecule has 28 heavy (non-hydrogen) atoms. The first-order valence-electron chi connectivity index (χ1n) is 8.61. The van der Waals surface area contributed by atoms with Crippen LogP contribution in [0.4, 0.5) is 0 Å². The minimum absolute atomic E-state index is 0.145. The molecule has 0 unspecified atom stereocenters. The monoisotopic (exact) mass is 423 g/mol. The van der Waals surface area contributed by atoms with Gasteiger partial charge in [0.25, 0.3) is 0 Å². The van der Waals surface area contributed by atoms with Gasteiger partial charge < -0.3 is 14.4 Å². The SMILES string of the molecule is CC(=O)O[C@@H]1[C@@H](N2CCSC2=NC#N)c2cc(S(C)(=O)=O)ccc2OC1(C)C. The van der Waals surface area contributed by atoms with Crippen LogP contribution in [0, 0.1) is 11.5 Å². The van der Waals surface area contributed by atoms with Crippen LogP contribution in [0.1, 0.15) is 32.4 Å². The van der Waals surface area contributed by atoms with Crippen LogP contribution in [0.25, 0.3) is 0 Å². The molecule has 0 N–H and O–H groups in total. The van der Waals surface area contributed by atoms with E-state index >= 15 is 0 Å². The fourth-order valence-corrected chi connectivity index (χ4v) is 5.10. The maximum atomic E-state index is 12.1. The van der Waals surface area contributed by atoms with Gasteiger partial charge in [0.15, 0.2) is 21.1 Å². The lowest BCUT2D eigenvalue weighted by Gasteiger charge is -2.47. The van der Waals surface area contributed by atoms with Gasteiger partial charge in [-0.15, -0.1) is 4.99 Å². The van der Waals surface area contributed by atoms with Crippen LogP contribution in [0.15, 0.2) is 28.1 Å². The van der Waals surface area contributed by atoms with Gasteiger partial charge >= 0.3 is 5.97 Å². The van der Waals surface area contributed by atoms with Crippen LogP contribution >= 0.6 is 11.8 Å². The molecule has 2 aliphatic rings. The lowest BCUT2D eigenvalue weighted by Crippen LogP contribution is -2.55. The summed E-state index contributed by atoms with van der Waals surface area (Å²) in [5, 5.41) is 9.55. The Labute approximate surface area is 168 Å². The molecule has 2 aliphatic heterocycles. The lowest BCUT2D eigenvalue weighted by atomic mass is 9.85. The number of nitrogens with zero attached hydrogens (tertiary/aromatic N) is 3. The van der Waals surface area contributed by atoms with Crippen molar-refractivity contribution in [1.82, 2.24) is 4.90 Å². The number of thioether (sulfide) groups is 1. The Bertz CT molecular complexity index is 981. The fourth-order valence-electron chi connectivity index (χ4n) is 3.49. The molecule has 1 aromatic rings. The average Bonchev–Trinajstić information content (AvgIpc) is 3.02. The van der Waals surface area contributed by atoms with E-state index in [-0.39, 0.29) is 4.90 Å². The van der Waals surface area contributed by atoms with Crippen molar-refractivity contribution in [3.63, 3.8) is 0 Å². The molecule has 0 radical (unpaired) electrons. The van der Waals surface area contributed by atoms with Crippen molar-refractivity contribution in [1.29, 1.82) is 5.26 Å². The summed E-state index contributed by atoms with van der Waals surface area (Å²) in [6, 6.07) is 4.13. The van der Waals surface area contributed by atoms with Crippen LogP contribution in [0.5, 0.6) is 5.75 Å². The van der Waals surface area contributed by atoms with Crippen LogP contribution in [0.3, 0.4) is 0 Å². The summed E-state index contributed by atoms with van der Waals surface area (Å²) in [6.45, 7) is 5.52. The lowest BCUT2D eigenvalue weighted by molar-refractivity contribution is -0.166. The van der Waals surface area contributed by atoms with Crippen LogP contribution in [-0.2, 0) is 19.4 Å². The summed E-state index contributed by atoms with van der Waals surface area (Å²) in [5.74, 6) is 0.755. The van der Waals surface area contributed by atoms with E-state index in [9.17, 15) is 13.2 Å².